The van der Waals surface area contributed by atoms with Crippen LogP contribution in [0.3, 0.4) is 0 Å². The summed E-state index contributed by atoms with van der Waals surface area (Å²) >= 11 is 0. The zero-order valence-electron chi connectivity index (χ0n) is 22.8. The number of aromatic nitrogens is 4. The molecule has 1 aliphatic carbocycles. The fraction of sp³-hybridized carbons (Fsp3) is 0.433. The van der Waals surface area contributed by atoms with Crippen molar-refractivity contribution in [2.24, 2.45) is 5.41 Å². The Morgan fingerprint density at radius 1 is 1.23 bits per heavy atom. The van der Waals surface area contributed by atoms with E-state index in [1.165, 1.54) is 6.33 Å². The van der Waals surface area contributed by atoms with Gasteiger partial charge in [-0.1, -0.05) is 38.0 Å². The summed E-state index contributed by atoms with van der Waals surface area (Å²) in [6, 6.07) is 11.3. The van der Waals surface area contributed by atoms with Gasteiger partial charge in [0.15, 0.2) is 0 Å². The highest BCUT2D eigenvalue weighted by molar-refractivity contribution is 5.86. The van der Waals surface area contributed by atoms with Gasteiger partial charge in [0.25, 0.3) is 0 Å². The van der Waals surface area contributed by atoms with Crippen LogP contribution in [0, 0.1) is 5.41 Å². The number of pyridine rings is 1. The molecule has 4 aromatic rings. The Bertz CT molecular complexity index is 1480. The third-order valence-electron chi connectivity index (χ3n) is 8.13. The molecule has 5 rings (SSSR count). The molecule has 0 radical (unpaired) electrons. The lowest BCUT2D eigenvalue weighted by atomic mass is 9.78. The maximum Gasteiger partial charge on any atom is 0.236 e. The fourth-order valence-electron chi connectivity index (χ4n) is 5.75. The number of unbranched alkanes of at least 4 members (excludes halogenated alkanes) is 2. The summed E-state index contributed by atoms with van der Waals surface area (Å²) in [5.74, 6) is 0.903. The van der Waals surface area contributed by atoms with E-state index in [2.05, 4.69) is 33.8 Å². The second-order valence-electron chi connectivity index (χ2n) is 10.7. The van der Waals surface area contributed by atoms with Crippen molar-refractivity contribution in [2.75, 3.05) is 17.7 Å². The number of anilines is 2. The molecule has 5 atom stereocenters. The Morgan fingerprint density at radius 2 is 2.05 bits per heavy atom. The van der Waals surface area contributed by atoms with E-state index in [1.54, 1.807) is 6.08 Å². The Kier molecular flexibility index (Phi) is 8.32. The molecular formula is C30H38N6O4. The van der Waals surface area contributed by atoms with Crippen LogP contribution in [0.4, 0.5) is 11.6 Å². The molecule has 1 fully saturated rings. The van der Waals surface area contributed by atoms with E-state index in [1.807, 2.05) is 47.2 Å². The predicted molar refractivity (Wildman–Crippen MR) is 155 cm³/mol. The molecule has 0 saturated heterocycles. The van der Waals surface area contributed by atoms with E-state index < -0.39 is 24.0 Å². The molecule has 10 nitrogen and oxygen atoms in total. The fourth-order valence-corrected chi connectivity index (χ4v) is 5.75. The Labute approximate surface area is 233 Å². The molecule has 1 saturated carbocycles. The highest BCUT2D eigenvalue weighted by Gasteiger charge is 2.51. The predicted octanol–water partition coefficient (Wildman–Crippen LogP) is 3.93. The van der Waals surface area contributed by atoms with Crippen LogP contribution in [0.1, 0.15) is 50.6 Å². The minimum Gasteiger partial charge on any atom is -0.389 e. The van der Waals surface area contributed by atoms with Crippen molar-refractivity contribution in [1.29, 1.82) is 0 Å². The second-order valence-corrected chi connectivity index (χ2v) is 10.7. The molecule has 3 aromatic heterocycles. The van der Waals surface area contributed by atoms with E-state index in [4.69, 9.17) is 10.5 Å². The largest absolute Gasteiger partial charge is 0.389 e. The van der Waals surface area contributed by atoms with E-state index in [9.17, 15) is 15.3 Å². The number of hydrogen-bond acceptors (Lipinski definition) is 9. The quantitative estimate of drug-likeness (QED) is 0.101. The van der Waals surface area contributed by atoms with Gasteiger partial charge in [0, 0.05) is 17.0 Å². The van der Waals surface area contributed by atoms with Gasteiger partial charge in [-0.3, -0.25) is 0 Å². The molecule has 212 valence electrons. The first kappa shape index (κ1) is 28.0. The van der Waals surface area contributed by atoms with Crippen LogP contribution in [0.25, 0.3) is 21.9 Å². The standard InChI is InChI=1S/C30H38N6O4/c1-3-5-6-15-40-29(39)35-24-10-9-20-8-7-19(16-22(20)34-24)11-13-30(4-2)17-23(25(37)26(30)38)36-14-12-21-27(31)32-18-33-28(21)36/h4,7-10,12,14,16,18,23,25-26,29,37-39H,2-3,5-6,11,13,15,17H2,1H3,(H,34,35)(H2,31,32,33)/t23-,25+,26+,29?,30+/m1/s1. The molecule has 0 spiro atoms. The number of nitrogens with two attached hydrogens (primary N) is 1. The van der Waals surface area contributed by atoms with Crippen LogP contribution < -0.4 is 11.1 Å². The first-order chi connectivity index (χ1) is 19.3. The lowest BCUT2D eigenvalue weighted by molar-refractivity contribution is -0.0792. The van der Waals surface area contributed by atoms with E-state index >= 15 is 0 Å². The van der Waals surface area contributed by atoms with Crippen molar-refractivity contribution in [2.45, 2.75) is 70.1 Å². The molecule has 3 heterocycles. The third kappa shape index (κ3) is 5.53. The second kappa shape index (κ2) is 11.9. The summed E-state index contributed by atoms with van der Waals surface area (Å²) in [6.07, 6.45) is 6.71. The maximum atomic E-state index is 11.2. The average Bonchev–Trinajstić information content (AvgIpc) is 3.50. The summed E-state index contributed by atoms with van der Waals surface area (Å²) in [4.78, 5) is 13.1. The molecule has 1 aliphatic rings. The minimum absolute atomic E-state index is 0.379. The van der Waals surface area contributed by atoms with Gasteiger partial charge in [-0.15, -0.1) is 6.58 Å². The Hall–Kier alpha value is -3.57. The molecule has 10 heteroatoms. The lowest BCUT2D eigenvalue weighted by Crippen LogP contribution is -2.35. The van der Waals surface area contributed by atoms with Crippen LogP contribution in [-0.4, -0.2) is 60.1 Å². The molecule has 40 heavy (non-hydrogen) atoms. The number of benzene rings is 1. The number of aryl methyl sites for hydroxylation is 1. The van der Waals surface area contributed by atoms with Crippen molar-refractivity contribution in [3.8, 4) is 0 Å². The first-order valence-electron chi connectivity index (χ1n) is 13.9. The molecule has 0 bridgehead atoms. The van der Waals surface area contributed by atoms with E-state index in [-0.39, 0.29) is 6.04 Å². The van der Waals surface area contributed by atoms with Gasteiger partial charge < -0.3 is 35.7 Å². The van der Waals surface area contributed by atoms with E-state index in [0.717, 1.165) is 35.7 Å². The van der Waals surface area contributed by atoms with Crippen molar-refractivity contribution < 1.29 is 20.1 Å². The summed E-state index contributed by atoms with van der Waals surface area (Å²) in [5, 5.41) is 37.1. The number of nitrogens with one attached hydrogen (secondary N) is 1. The van der Waals surface area contributed by atoms with E-state index in [0.29, 0.717) is 48.5 Å². The number of ether oxygens (including phenoxy) is 1. The zero-order valence-corrected chi connectivity index (χ0v) is 22.8. The van der Waals surface area contributed by atoms with Gasteiger partial charge in [0.2, 0.25) is 6.41 Å². The number of aliphatic hydroxyl groups is 3. The number of nitrogen functional groups attached to an aromatic ring is 1. The minimum atomic E-state index is -1.12. The van der Waals surface area contributed by atoms with Crippen molar-refractivity contribution in [1.82, 2.24) is 19.5 Å². The average molecular weight is 547 g/mol. The van der Waals surface area contributed by atoms with Gasteiger partial charge in [0.05, 0.1) is 29.7 Å². The molecular weight excluding hydrogens is 508 g/mol. The molecule has 0 amide bonds. The summed E-state index contributed by atoms with van der Waals surface area (Å²) < 4.78 is 7.30. The van der Waals surface area contributed by atoms with Gasteiger partial charge in [-0.05, 0) is 55.5 Å². The van der Waals surface area contributed by atoms with Gasteiger partial charge in [0.1, 0.15) is 29.7 Å². The molecule has 0 aliphatic heterocycles. The summed E-state index contributed by atoms with van der Waals surface area (Å²) in [6.45, 7) is 6.64. The number of rotatable bonds is 12. The van der Waals surface area contributed by atoms with Gasteiger partial charge in [-0.2, -0.15) is 0 Å². The molecule has 1 aromatic carbocycles. The van der Waals surface area contributed by atoms with Gasteiger partial charge >= 0.3 is 0 Å². The highest BCUT2D eigenvalue weighted by Crippen LogP contribution is 2.49. The highest BCUT2D eigenvalue weighted by atomic mass is 16.6. The van der Waals surface area contributed by atoms with Crippen LogP contribution in [-0.2, 0) is 11.2 Å². The topological polar surface area (TPSA) is 152 Å². The lowest BCUT2D eigenvalue weighted by Gasteiger charge is -2.29. The summed E-state index contributed by atoms with van der Waals surface area (Å²) in [5.41, 5.74) is 7.78. The van der Waals surface area contributed by atoms with Crippen LogP contribution in [0.2, 0.25) is 0 Å². The Morgan fingerprint density at radius 3 is 2.85 bits per heavy atom. The summed E-state index contributed by atoms with van der Waals surface area (Å²) in [7, 11) is 0. The molecule has 1 unspecified atom stereocenters. The number of fused-ring (bicyclic) bond motifs is 2. The van der Waals surface area contributed by atoms with Crippen molar-refractivity contribution in [3.05, 3.63) is 67.1 Å². The monoisotopic (exact) mass is 546 g/mol. The SMILES string of the molecule is C=C[C@]1(CCc2ccc3ccc(NC(O)OCCCCC)nc3c2)C[C@@H](n2ccc3c(N)ncnc32)[C@H](O)[C@@H]1O. The maximum absolute atomic E-state index is 11.2. The Balaban J connectivity index is 1.29. The molecule has 6 N–H and O–H groups in total. The van der Waals surface area contributed by atoms with Crippen LogP contribution >= 0.6 is 0 Å². The number of aliphatic hydroxyl groups excluding tert-OH is 3. The first-order valence-corrected chi connectivity index (χ1v) is 13.9. The smallest absolute Gasteiger partial charge is 0.236 e. The zero-order chi connectivity index (χ0) is 28.3. The third-order valence-corrected chi connectivity index (χ3v) is 8.13. The van der Waals surface area contributed by atoms with Crippen molar-refractivity contribution >= 4 is 33.6 Å². The van der Waals surface area contributed by atoms with Crippen molar-refractivity contribution in [3.63, 3.8) is 0 Å². The normalized spacial score (nSPS) is 23.6. The van der Waals surface area contributed by atoms with Crippen LogP contribution in [0.15, 0.2) is 61.6 Å². The van der Waals surface area contributed by atoms with Crippen LogP contribution in [0.5, 0.6) is 0 Å². The van der Waals surface area contributed by atoms with Gasteiger partial charge in [-0.25, -0.2) is 15.0 Å². The number of nitrogens with zero attached hydrogens (tertiary/aromatic N) is 4. The number of hydrogen-bond donors (Lipinski definition) is 5.